The number of aromatic nitrogens is 4. The van der Waals surface area contributed by atoms with Crippen LogP contribution in [0.5, 0.6) is 0 Å². The molecule has 5 nitrogen and oxygen atoms in total. The average Bonchev–Trinajstić information content (AvgIpc) is 3.33. The van der Waals surface area contributed by atoms with Crippen LogP contribution in [-0.2, 0) is 0 Å². The third-order valence-electron chi connectivity index (χ3n) is 4.71. The summed E-state index contributed by atoms with van der Waals surface area (Å²) in [5, 5.41) is 5.31. The topological polar surface area (TPSA) is 56.2 Å². The van der Waals surface area contributed by atoms with E-state index in [1.807, 2.05) is 6.92 Å². The lowest BCUT2D eigenvalue weighted by molar-refractivity contribution is -0.0328. The molecule has 168 valence electrons. The van der Waals surface area contributed by atoms with Gasteiger partial charge >= 0.3 is 5.51 Å². The molecule has 0 amide bonds. The van der Waals surface area contributed by atoms with Gasteiger partial charge in [0.15, 0.2) is 11.2 Å². The van der Waals surface area contributed by atoms with E-state index in [4.69, 9.17) is 4.42 Å². The molecule has 0 saturated heterocycles. The molecule has 33 heavy (non-hydrogen) atoms. The first-order valence-electron chi connectivity index (χ1n) is 9.75. The van der Waals surface area contributed by atoms with Crippen LogP contribution in [0.15, 0.2) is 69.1 Å². The summed E-state index contributed by atoms with van der Waals surface area (Å²) in [7, 11) is 0. The van der Waals surface area contributed by atoms with E-state index in [9.17, 15) is 17.6 Å². The largest absolute Gasteiger partial charge is 0.446 e. The highest BCUT2D eigenvalue weighted by Crippen LogP contribution is 2.40. The SMILES string of the molecule is CCSc1nn2c(-c3ccc(F)cc3)ccnc2c1-c1nc2cc(SC(F)(F)F)ccc2o1. The fraction of sp³-hybridized carbons (Fsp3) is 0.136. The number of fused-ring (bicyclic) bond motifs is 2. The van der Waals surface area contributed by atoms with Crippen LogP contribution in [0.4, 0.5) is 17.6 Å². The standard InChI is InChI=1S/C22H14F4N4OS2/c1-2-32-21-18(20-28-15-11-14(33-22(24,25)26)7-8-17(15)31-20)19-27-10-9-16(30(19)29-21)12-3-5-13(23)6-4-12/h3-11H,2H2,1H3. The second kappa shape index (κ2) is 8.38. The van der Waals surface area contributed by atoms with Crippen molar-refractivity contribution in [3.8, 4) is 22.7 Å². The van der Waals surface area contributed by atoms with Gasteiger partial charge in [-0.15, -0.1) is 11.8 Å². The van der Waals surface area contributed by atoms with Crippen LogP contribution in [0.25, 0.3) is 39.5 Å². The van der Waals surface area contributed by atoms with Crippen molar-refractivity contribution in [2.75, 3.05) is 5.75 Å². The maximum absolute atomic E-state index is 13.4. The highest BCUT2D eigenvalue weighted by Gasteiger charge is 2.30. The van der Waals surface area contributed by atoms with Crippen LogP contribution in [0.2, 0.25) is 0 Å². The first-order valence-corrected chi connectivity index (χ1v) is 11.6. The minimum Gasteiger partial charge on any atom is -0.436 e. The van der Waals surface area contributed by atoms with E-state index >= 15 is 0 Å². The number of halogens is 4. The van der Waals surface area contributed by atoms with Gasteiger partial charge < -0.3 is 4.42 Å². The van der Waals surface area contributed by atoms with E-state index in [0.29, 0.717) is 33.0 Å². The molecule has 11 heteroatoms. The number of thioether (sulfide) groups is 2. The lowest BCUT2D eigenvalue weighted by Crippen LogP contribution is -1.98. The van der Waals surface area contributed by atoms with Gasteiger partial charge in [0.2, 0.25) is 5.89 Å². The molecule has 0 aliphatic rings. The van der Waals surface area contributed by atoms with Gasteiger partial charge in [0, 0.05) is 16.7 Å². The van der Waals surface area contributed by atoms with Crippen molar-refractivity contribution < 1.29 is 22.0 Å². The van der Waals surface area contributed by atoms with Crippen molar-refractivity contribution in [1.29, 1.82) is 0 Å². The Labute approximate surface area is 193 Å². The average molecular weight is 491 g/mol. The van der Waals surface area contributed by atoms with E-state index in [-0.39, 0.29) is 28.4 Å². The Morgan fingerprint density at radius 2 is 1.85 bits per heavy atom. The van der Waals surface area contributed by atoms with E-state index < -0.39 is 5.51 Å². The van der Waals surface area contributed by atoms with Crippen LogP contribution in [0.3, 0.4) is 0 Å². The quantitative estimate of drug-likeness (QED) is 0.194. The molecule has 2 aromatic carbocycles. The second-order valence-corrected chi connectivity index (χ2v) is 9.27. The van der Waals surface area contributed by atoms with Gasteiger partial charge in [-0.25, -0.2) is 18.9 Å². The monoisotopic (exact) mass is 490 g/mol. The number of oxazole rings is 1. The minimum absolute atomic E-state index is 0.0228. The van der Waals surface area contributed by atoms with Crippen molar-refractivity contribution in [3.63, 3.8) is 0 Å². The highest BCUT2D eigenvalue weighted by atomic mass is 32.2. The molecule has 5 aromatic rings. The summed E-state index contributed by atoms with van der Waals surface area (Å²) in [6.07, 6.45) is 1.61. The number of hydrogen-bond donors (Lipinski definition) is 0. The molecule has 5 rings (SSSR count). The molecule has 0 bridgehead atoms. The summed E-state index contributed by atoms with van der Waals surface area (Å²) in [5.74, 6) is 0.589. The van der Waals surface area contributed by atoms with Gasteiger partial charge in [-0.1, -0.05) is 6.92 Å². The summed E-state index contributed by atoms with van der Waals surface area (Å²) >= 11 is 1.26. The Kier molecular flexibility index (Phi) is 5.53. The van der Waals surface area contributed by atoms with Crippen molar-refractivity contribution in [2.24, 2.45) is 0 Å². The fourth-order valence-corrected chi connectivity index (χ4v) is 4.71. The number of benzene rings is 2. The Bertz CT molecular complexity index is 1460. The summed E-state index contributed by atoms with van der Waals surface area (Å²) in [6.45, 7) is 1.97. The predicted molar refractivity (Wildman–Crippen MR) is 120 cm³/mol. The van der Waals surface area contributed by atoms with Crippen LogP contribution in [0.1, 0.15) is 6.92 Å². The molecule has 0 unspecified atom stereocenters. The Hall–Kier alpha value is -3.05. The zero-order valence-corrected chi connectivity index (χ0v) is 18.6. The van der Waals surface area contributed by atoms with Crippen molar-refractivity contribution in [3.05, 3.63) is 60.5 Å². The third kappa shape index (κ3) is 4.30. The van der Waals surface area contributed by atoms with Crippen molar-refractivity contribution in [1.82, 2.24) is 19.6 Å². The van der Waals surface area contributed by atoms with E-state index in [2.05, 4.69) is 15.1 Å². The van der Waals surface area contributed by atoms with Crippen molar-refractivity contribution >= 4 is 40.3 Å². The molecule has 0 atom stereocenters. The molecule has 0 radical (unpaired) electrons. The summed E-state index contributed by atoms with van der Waals surface area (Å²) in [5.41, 5.74) is -1.26. The Morgan fingerprint density at radius 3 is 2.58 bits per heavy atom. The van der Waals surface area contributed by atoms with Gasteiger partial charge in [0.1, 0.15) is 21.9 Å². The predicted octanol–water partition coefficient (Wildman–Crippen LogP) is 7.07. The van der Waals surface area contributed by atoms with E-state index in [1.54, 1.807) is 28.9 Å². The molecule has 0 N–H and O–H groups in total. The van der Waals surface area contributed by atoms with E-state index in [0.717, 1.165) is 11.3 Å². The second-order valence-electron chi connectivity index (χ2n) is 6.88. The fourth-order valence-electron chi connectivity index (χ4n) is 3.40. The van der Waals surface area contributed by atoms with Gasteiger partial charge in [0.25, 0.3) is 0 Å². The Balaban J connectivity index is 1.67. The maximum atomic E-state index is 13.4. The number of hydrogen-bond acceptors (Lipinski definition) is 6. The molecular weight excluding hydrogens is 476 g/mol. The van der Waals surface area contributed by atoms with Gasteiger partial charge in [0.05, 0.1) is 5.69 Å². The van der Waals surface area contributed by atoms with Crippen LogP contribution >= 0.6 is 23.5 Å². The molecular formula is C22H14F4N4OS2. The minimum atomic E-state index is -4.39. The van der Waals surface area contributed by atoms with Gasteiger partial charge in [-0.3, -0.25) is 0 Å². The molecule has 3 heterocycles. The molecule has 0 aliphatic carbocycles. The van der Waals surface area contributed by atoms with Crippen molar-refractivity contribution in [2.45, 2.75) is 22.4 Å². The molecule has 3 aromatic heterocycles. The molecule has 0 aliphatic heterocycles. The first kappa shape index (κ1) is 21.8. The van der Waals surface area contributed by atoms with Crippen LogP contribution in [0, 0.1) is 5.82 Å². The third-order valence-corrected chi connectivity index (χ3v) is 6.28. The summed E-state index contributed by atoms with van der Waals surface area (Å²) in [6, 6.07) is 12.0. The van der Waals surface area contributed by atoms with E-state index in [1.165, 1.54) is 42.1 Å². The van der Waals surface area contributed by atoms with Crippen LogP contribution in [-0.4, -0.2) is 30.8 Å². The van der Waals surface area contributed by atoms with Gasteiger partial charge in [-0.2, -0.15) is 18.3 Å². The van der Waals surface area contributed by atoms with Gasteiger partial charge in [-0.05, 0) is 66.0 Å². The molecule has 0 fully saturated rings. The normalized spacial score (nSPS) is 12.2. The number of rotatable bonds is 5. The highest BCUT2D eigenvalue weighted by molar-refractivity contribution is 8.00. The zero-order chi connectivity index (χ0) is 23.2. The lowest BCUT2D eigenvalue weighted by Gasteiger charge is -2.04. The zero-order valence-electron chi connectivity index (χ0n) is 16.9. The maximum Gasteiger partial charge on any atom is 0.446 e. The summed E-state index contributed by atoms with van der Waals surface area (Å²) in [4.78, 5) is 8.93. The lowest BCUT2D eigenvalue weighted by atomic mass is 10.1. The number of alkyl halides is 3. The number of nitrogens with zero attached hydrogens (tertiary/aromatic N) is 4. The van der Waals surface area contributed by atoms with Crippen LogP contribution < -0.4 is 0 Å². The molecule has 0 spiro atoms. The summed E-state index contributed by atoms with van der Waals surface area (Å²) < 4.78 is 59.2. The smallest absolute Gasteiger partial charge is 0.436 e. The molecule has 0 saturated carbocycles. The Morgan fingerprint density at radius 1 is 1.06 bits per heavy atom. The first-order chi connectivity index (χ1) is 15.8.